The molecule has 3 rings (SSSR count). The fourth-order valence-corrected chi connectivity index (χ4v) is 3.11. The smallest absolute Gasteiger partial charge is 0.0368 e. The van der Waals surface area contributed by atoms with E-state index in [1.165, 1.54) is 43.7 Å². The van der Waals surface area contributed by atoms with Gasteiger partial charge in [-0.25, -0.2) is 0 Å². The third kappa shape index (κ3) is 1.82. The fourth-order valence-electron chi connectivity index (χ4n) is 3.11. The highest BCUT2D eigenvalue weighted by Crippen LogP contribution is 2.28. The molecule has 2 saturated heterocycles. The van der Waals surface area contributed by atoms with Crippen molar-refractivity contribution in [2.45, 2.75) is 25.8 Å². The highest BCUT2D eigenvalue weighted by Gasteiger charge is 2.32. The highest BCUT2D eigenvalue weighted by atomic mass is 15.2. The van der Waals surface area contributed by atoms with Crippen LogP contribution in [0.2, 0.25) is 0 Å². The predicted molar refractivity (Wildman–Crippen MR) is 67.9 cm³/mol. The van der Waals surface area contributed by atoms with Gasteiger partial charge in [0.25, 0.3) is 0 Å². The van der Waals surface area contributed by atoms with Crippen LogP contribution in [0.15, 0.2) is 24.3 Å². The van der Waals surface area contributed by atoms with Gasteiger partial charge in [0.1, 0.15) is 0 Å². The summed E-state index contributed by atoms with van der Waals surface area (Å²) in [5.41, 5.74) is 2.77. The molecule has 2 nitrogen and oxygen atoms in total. The minimum Gasteiger partial charge on any atom is -0.371 e. The topological polar surface area (TPSA) is 15.3 Å². The minimum absolute atomic E-state index is 0.793. The lowest BCUT2D eigenvalue weighted by atomic mass is 9.93. The van der Waals surface area contributed by atoms with Gasteiger partial charge in [-0.3, -0.25) is 0 Å². The van der Waals surface area contributed by atoms with Crippen LogP contribution in [-0.2, 0) is 0 Å². The number of hydrogen-bond acceptors (Lipinski definition) is 2. The maximum absolute atomic E-state index is 3.62. The molecule has 2 unspecified atom stereocenters. The summed E-state index contributed by atoms with van der Waals surface area (Å²) < 4.78 is 0. The van der Waals surface area contributed by atoms with E-state index in [4.69, 9.17) is 0 Å². The molecule has 1 N–H and O–H groups in total. The van der Waals surface area contributed by atoms with E-state index in [9.17, 15) is 0 Å². The summed E-state index contributed by atoms with van der Waals surface area (Å²) >= 11 is 0. The summed E-state index contributed by atoms with van der Waals surface area (Å²) in [6.07, 6.45) is 2.66. The molecule has 0 aliphatic carbocycles. The molecule has 0 saturated carbocycles. The third-order valence-corrected chi connectivity index (χ3v) is 4.02. The molecule has 0 bridgehead atoms. The average Bonchev–Trinajstić information content (AvgIpc) is 2.75. The number of piperidine rings is 1. The zero-order chi connectivity index (χ0) is 11.0. The molecule has 2 aliphatic heterocycles. The van der Waals surface area contributed by atoms with Gasteiger partial charge in [-0.15, -0.1) is 0 Å². The van der Waals surface area contributed by atoms with Crippen molar-refractivity contribution in [3.8, 4) is 0 Å². The number of hydrogen-bond donors (Lipinski definition) is 1. The first-order chi connectivity index (χ1) is 7.83. The van der Waals surface area contributed by atoms with E-state index in [0.717, 1.165) is 12.0 Å². The zero-order valence-electron chi connectivity index (χ0n) is 9.95. The van der Waals surface area contributed by atoms with Crippen LogP contribution in [0.4, 0.5) is 5.69 Å². The largest absolute Gasteiger partial charge is 0.371 e. The number of nitrogens with zero attached hydrogens (tertiary/aromatic N) is 1. The standard InChI is InChI=1S/C14H20N2/c1-11-3-2-4-13(9-11)16-8-6-14-12(10-16)5-7-15-14/h2-4,9,12,14-15H,5-8,10H2,1H3. The second-order valence-electron chi connectivity index (χ2n) is 5.18. The molecule has 2 atom stereocenters. The summed E-state index contributed by atoms with van der Waals surface area (Å²) in [7, 11) is 0. The van der Waals surface area contributed by atoms with Crippen molar-refractivity contribution >= 4 is 5.69 Å². The number of anilines is 1. The molecule has 2 fully saturated rings. The third-order valence-electron chi connectivity index (χ3n) is 4.02. The van der Waals surface area contributed by atoms with E-state index in [-0.39, 0.29) is 0 Å². The van der Waals surface area contributed by atoms with Crippen LogP contribution < -0.4 is 10.2 Å². The SMILES string of the molecule is Cc1cccc(N2CCC3NCCC3C2)c1. The monoisotopic (exact) mass is 216 g/mol. The van der Waals surface area contributed by atoms with Crippen LogP contribution in [-0.4, -0.2) is 25.7 Å². The van der Waals surface area contributed by atoms with E-state index in [1.54, 1.807) is 0 Å². The second kappa shape index (κ2) is 4.10. The average molecular weight is 216 g/mol. The first-order valence-corrected chi connectivity index (χ1v) is 6.38. The molecule has 2 heteroatoms. The lowest BCUT2D eigenvalue weighted by Crippen LogP contribution is -2.44. The summed E-state index contributed by atoms with van der Waals surface area (Å²) in [5, 5.41) is 3.62. The molecule has 0 radical (unpaired) electrons. The van der Waals surface area contributed by atoms with Crippen LogP contribution in [0.1, 0.15) is 18.4 Å². The molecule has 1 aromatic carbocycles. The van der Waals surface area contributed by atoms with Crippen molar-refractivity contribution in [1.29, 1.82) is 0 Å². The van der Waals surface area contributed by atoms with Gasteiger partial charge in [-0.05, 0) is 49.9 Å². The van der Waals surface area contributed by atoms with Gasteiger partial charge >= 0.3 is 0 Å². The molecule has 2 aliphatic rings. The lowest BCUT2D eigenvalue weighted by Gasteiger charge is -2.36. The van der Waals surface area contributed by atoms with Crippen molar-refractivity contribution < 1.29 is 0 Å². The van der Waals surface area contributed by atoms with Gasteiger partial charge in [-0.2, -0.15) is 0 Å². The van der Waals surface area contributed by atoms with Crippen molar-refractivity contribution in [3.05, 3.63) is 29.8 Å². The molecule has 2 heterocycles. The summed E-state index contributed by atoms with van der Waals surface area (Å²) in [5.74, 6) is 0.870. The number of nitrogens with one attached hydrogen (secondary N) is 1. The fraction of sp³-hybridized carbons (Fsp3) is 0.571. The quantitative estimate of drug-likeness (QED) is 0.774. The van der Waals surface area contributed by atoms with Crippen molar-refractivity contribution in [2.75, 3.05) is 24.5 Å². The van der Waals surface area contributed by atoms with Gasteiger partial charge in [0.05, 0.1) is 0 Å². The van der Waals surface area contributed by atoms with Crippen LogP contribution in [0.5, 0.6) is 0 Å². The number of benzene rings is 1. The zero-order valence-corrected chi connectivity index (χ0v) is 9.95. The van der Waals surface area contributed by atoms with Crippen LogP contribution in [0, 0.1) is 12.8 Å². The Morgan fingerprint density at radius 1 is 1.31 bits per heavy atom. The number of fused-ring (bicyclic) bond motifs is 1. The summed E-state index contributed by atoms with van der Waals surface area (Å²) in [6.45, 7) is 5.84. The Morgan fingerprint density at radius 3 is 3.12 bits per heavy atom. The number of aryl methyl sites for hydroxylation is 1. The molecule has 0 aromatic heterocycles. The van der Waals surface area contributed by atoms with Crippen molar-refractivity contribution in [2.24, 2.45) is 5.92 Å². The van der Waals surface area contributed by atoms with Crippen LogP contribution in [0.25, 0.3) is 0 Å². The first kappa shape index (κ1) is 10.2. The van der Waals surface area contributed by atoms with E-state index in [0.29, 0.717) is 0 Å². The van der Waals surface area contributed by atoms with Gasteiger partial charge < -0.3 is 10.2 Å². The molecule has 1 aromatic rings. The van der Waals surface area contributed by atoms with Crippen LogP contribution in [0.3, 0.4) is 0 Å². The van der Waals surface area contributed by atoms with Gasteiger partial charge in [0, 0.05) is 24.8 Å². The normalized spacial score (nSPS) is 29.2. The van der Waals surface area contributed by atoms with Gasteiger partial charge in [0.2, 0.25) is 0 Å². The Kier molecular flexibility index (Phi) is 2.60. The molecular formula is C14H20N2. The van der Waals surface area contributed by atoms with Gasteiger partial charge in [0.15, 0.2) is 0 Å². The van der Waals surface area contributed by atoms with E-state index in [1.807, 2.05) is 0 Å². The Hall–Kier alpha value is -1.02. The Balaban J connectivity index is 1.76. The molecular weight excluding hydrogens is 196 g/mol. The first-order valence-electron chi connectivity index (χ1n) is 6.38. The highest BCUT2D eigenvalue weighted by molar-refractivity contribution is 5.49. The summed E-state index contributed by atoms with van der Waals surface area (Å²) in [4.78, 5) is 2.56. The Morgan fingerprint density at radius 2 is 2.25 bits per heavy atom. The van der Waals surface area contributed by atoms with Gasteiger partial charge in [-0.1, -0.05) is 12.1 Å². The van der Waals surface area contributed by atoms with Crippen molar-refractivity contribution in [1.82, 2.24) is 5.32 Å². The maximum atomic E-state index is 3.62. The molecule has 0 spiro atoms. The van der Waals surface area contributed by atoms with E-state index >= 15 is 0 Å². The predicted octanol–water partition coefficient (Wildman–Crippen LogP) is 2.18. The van der Waals surface area contributed by atoms with E-state index in [2.05, 4.69) is 41.4 Å². The van der Waals surface area contributed by atoms with Crippen molar-refractivity contribution in [3.63, 3.8) is 0 Å². The second-order valence-corrected chi connectivity index (χ2v) is 5.18. The molecule has 86 valence electrons. The maximum Gasteiger partial charge on any atom is 0.0368 e. The number of rotatable bonds is 1. The molecule has 0 amide bonds. The lowest BCUT2D eigenvalue weighted by molar-refractivity contribution is 0.376. The minimum atomic E-state index is 0.793. The van der Waals surface area contributed by atoms with Crippen LogP contribution >= 0.6 is 0 Å². The molecule has 16 heavy (non-hydrogen) atoms. The Bertz CT molecular complexity index is 375. The summed E-state index contributed by atoms with van der Waals surface area (Å²) in [6, 6.07) is 9.69. The van der Waals surface area contributed by atoms with E-state index < -0.39 is 0 Å². The Labute approximate surface area is 97.6 Å².